The lowest BCUT2D eigenvalue weighted by atomic mass is 9.84. The highest BCUT2D eigenvalue weighted by atomic mass is 16.4. The van der Waals surface area contributed by atoms with Gasteiger partial charge in [-0.25, -0.2) is 4.79 Å². The first-order valence-electron chi connectivity index (χ1n) is 7.38. The Morgan fingerprint density at radius 1 is 1.30 bits per heavy atom. The van der Waals surface area contributed by atoms with E-state index in [2.05, 4.69) is 19.2 Å². The normalized spacial score (nSPS) is 12.8. The molecule has 1 atom stereocenters. The third-order valence-electron chi connectivity index (χ3n) is 3.72. The summed E-state index contributed by atoms with van der Waals surface area (Å²) < 4.78 is 0. The molecule has 2 amide bonds. The number of carboxylic acid groups (broad SMARTS) is 1. The molecule has 2 N–H and O–H groups in total. The molecular formula is C15H30N2O3. The number of hydrogen-bond acceptors (Lipinski definition) is 2. The average Bonchev–Trinajstić information content (AvgIpc) is 2.35. The molecule has 0 aromatic carbocycles. The minimum atomic E-state index is -0.768. The summed E-state index contributed by atoms with van der Waals surface area (Å²) >= 11 is 0. The van der Waals surface area contributed by atoms with Crippen molar-refractivity contribution in [1.82, 2.24) is 10.2 Å². The SMILES string of the molecule is CCC(C)CN(C)C(=O)NCCC(C)(C)CCC(=O)O. The van der Waals surface area contributed by atoms with E-state index < -0.39 is 5.97 Å². The number of nitrogens with one attached hydrogen (secondary N) is 1. The van der Waals surface area contributed by atoms with Crippen molar-refractivity contribution < 1.29 is 14.7 Å². The van der Waals surface area contributed by atoms with E-state index in [-0.39, 0.29) is 17.9 Å². The Labute approximate surface area is 122 Å². The van der Waals surface area contributed by atoms with Crippen molar-refractivity contribution in [2.45, 2.75) is 53.4 Å². The van der Waals surface area contributed by atoms with Crippen molar-refractivity contribution in [3.63, 3.8) is 0 Å². The maximum absolute atomic E-state index is 11.9. The van der Waals surface area contributed by atoms with Gasteiger partial charge in [0.05, 0.1) is 0 Å². The van der Waals surface area contributed by atoms with Crippen LogP contribution in [0.1, 0.15) is 53.4 Å². The van der Waals surface area contributed by atoms with Gasteiger partial charge in [-0.05, 0) is 24.2 Å². The Morgan fingerprint density at radius 3 is 2.40 bits per heavy atom. The molecule has 118 valence electrons. The maximum Gasteiger partial charge on any atom is 0.317 e. The molecule has 0 fully saturated rings. The van der Waals surface area contributed by atoms with Crippen LogP contribution in [0.5, 0.6) is 0 Å². The van der Waals surface area contributed by atoms with E-state index in [1.165, 1.54) is 0 Å². The van der Waals surface area contributed by atoms with Crippen LogP contribution in [0.15, 0.2) is 0 Å². The van der Waals surface area contributed by atoms with Crippen molar-refractivity contribution in [3.8, 4) is 0 Å². The molecular weight excluding hydrogens is 256 g/mol. The molecule has 0 aliphatic rings. The Hall–Kier alpha value is -1.26. The number of hydrogen-bond donors (Lipinski definition) is 2. The van der Waals surface area contributed by atoms with Crippen molar-refractivity contribution >= 4 is 12.0 Å². The zero-order chi connectivity index (χ0) is 15.8. The molecule has 0 spiro atoms. The van der Waals surface area contributed by atoms with Gasteiger partial charge in [-0.3, -0.25) is 4.79 Å². The first-order chi connectivity index (χ1) is 9.18. The zero-order valence-corrected chi connectivity index (χ0v) is 13.5. The summed E-state index contributed by atoms with van der Waals surface area (Å²) in [5.74, 6) is -0.270. The predicted octanol–water partition coefficient (Wildman–Crippen LogP) is 2.96. The van der Waals surface area contributed by atoms with Gasteiger partial charge in [0.2, 0.25) is 0 Å². The number of amides is 2. The fourth-order valence-corrected chi connectivity index (χ4v) is 1.89. The lowest BCUT2D eigenvalue weighted by molar-refractivity contribution is -0.137. The number of aliphatic carboxylic acids is 1. The molecule has 5 heteroatoms. The van der Waals surface area contributed by atoms with Gasteiger partial charge in [0.1, 0.15) is 0 Å². The standard InChI is InChI=1S/C15H30N2O3/c1-6-12(2)11-17(5)14(20)16-10-9-15(3,4)8-7-13(18)19/h12H,6-11H2,1-5H3,(H,16,20)(H,18,19). The van der Waals surface area contributed by atoms with Crippen LogP contribution in [0, 0.1) is 11.3 Å². The highest BCUT2D eigenvalue weighted by Gasteiger charge is 2.19. The summed E-state index contributed by atoms with van der Waals surface area (Å²) in [5, 5.41) is 11.6. The van der Waals surface area contributed by atoms with Gasteiger partial charge >= 0.3 is 12.0 Å². The Morgan fingerprint density at radius 2 is 1.90 bits per heavy atom. The molecule has 0 aromatic heterocycles. The van der Waals surface area contributed by atoms with Crippen LogP contribution in [0.4, 0.5) is 4.79 Å². The predicted molar refractivity (Wildman–Crippen MR) is 80.8 cm³/mol. The Kier molecular flexibility index (Phi) is 8.26. The largest absolute Gasteiger partial charge is 0.481 e. The Balaban J connectivity index is 3.97. The molecule has 5 nitrogen and oxygen atoms in total. The second-order valence-electron chi connectivity index (χ2n) is 6.43. The second-order valence-corrected chi connectivity index (χ2v) is 6.43. The second kappa shape index (κ2) is 8.82. The third-order valence-corrected chi connectivity index (χ3v) is 3.72. The maximum atomic E-state index is 11.9. The summed E-state index contributed by atoms with van der Waals surface area (Å²) in [6.07, 6.45) is 2.64. The highest BCUT2D eigenvalue weighted by molar-refractivity contribution is 5.73. The van der Waals surface area contributed by atoms with Gasteiger partial charge in [0.25, 0.3) is 0 Å². The van der Waals surface area contributed by atoms with E-state index in [0.29, 0.717) is 18.9 Å². The van der Waals surface area contributed by atoms with Crippen molar-refractivity contribution in [2.75, 3.05) is 20.1 Å². The molecule has 0 saturated heterocycles. The lowest BCUT2D eigenvalue weighted by Crippen LogP contribution is -2.40. The van der Waals surface area contributed by atoms with Gasteiger partial charge in [0, 0.05) is 26.6 Å². The number of carbonyl (C=O) groups excluding carboxylic acids is 1. The van der Waals surface area contributed by atoms with Crippen LogP contribution in [0.2, 0.25) is 0 Å². The number of carbonyl (C=O) groups is 2. The van der Waals surface area contributed by atoms with E-state index in [1.807, 2.05) is 13.8 Å². The number of carboxylic acids is 1. The molecule has 0 aliphatic carbocycles. The summed E-state index contributed by atoms with van der Waals surface area (Å²) in [4.78, 5) is 24.1. The van der Waals surface area contributed by atoms with Crippen LogP contribution in [-0.4, -0.2) is 42.1 Å². The van der Waals surface area contributed by atoms with Gasteiger partial charge in [-0.2, -0.15) is 0 Å². The minimum Gasteiger partial charge on any atom is -0.481 e. The van der Waals surface area contributed by atoms with Crippen LogP contribution in [-0.2, 0) is 4.79 Å². The van der Waals surface area contributed by atoms with E-state index in [0.717, 1.165) is 19.4 Å². The molecule has 0 saturated carbocycles. The van der Waals surface area contributed by atoms with Crippen LogP contribution in [0.25, 0.3) is 0 Å². The molecule has 0 bridgehead atoms. The molecule has 0 aliphatic heterocycles. The number of rotatable bonds is 9. The summed E-state index contributed by atoms with van der Waals surface area (Å²) in [6.45, 7) is 9.64. The number of nitrogens with zero attached hydrogens (tertiary/aromatic N) is 1. The monoisotopic (exact) mass is 286 g/mol. The first kappa shape index (κ1) is 18.7. The molecule has 0 aromatic rings. The number of urea groups is 1. The average molecular weight is 286 g/mol. The zero-order valence-electron chi connectivity index (χ0n) is 13.5. The van der Waals surface area contributed by atoms with E-state index in [4.69, 9.17) is 5.11 Å². The van der Waals surface area contributed by atoms with E-state index >= 15 is 0 Å². The van der Waals surface area contributed by atoms with Crippen molar-refractivity contribution in [3.05, 3.63) is 0 Å². The summed E-state index contributed by atoms with van der Waals surface area (Å²) in [6, 6.07) is -0.0562. The highest BCUT2D eigenvalue weighted by Crippen LogP contribution is 2.25. The molecule has 0 heterocycles. The fourth-order valence-electron chi connectivity index (χ4n) is 1.89. The quantitative estimate of drug-likeness (QED) is 0.684. The van der Waals surface area contributed by atoms with Gasteiger partial charge in [-0.15, -0.1) is 0 Å². The summed E-state index contributed by atoms with van der Waals surface area (Å²) in [7, 11) is 1.80. The minimum absolute atomic E-state index is 0.0562. The van der Waals surface area contributed by atoms with Gasteiger partial charge in [0.15, 0.2) is 0 Å². The first-order valence-corrected chi connectivity index (χ1v) is 7.38. The van der Waals surface area contributed by atoms with E-state index in [9.17, 15) is 9.59 Å². The molecule has 20 heavy (non-hydrogen) atoms. The van der Waals surface area contributed by atoms with Crippen molar-refractivity contribution in [1.29, 1.82) is 0 Å². The van der Waals surface area contributed by atoms with Gasteiger partial charge < -0.3 is 15.3 Å². The van der Waals surface area contributed by atoms with E-state index in [1.54, 1.807) is 11.9 Å². The smallest absolute Gasteiger partial charge is 0.317 e. The Bertz CT molecular complexity index is 316. The molecule has 1 unspecified atom stereocenters. The van der Waals surface area contributed by atoms with Crippen LogP contribution >= 0.6 is 0 Å². The van der Waals surface area contributed by atoms with Crippen molar-refractivity contribution in [2.24, 2.45) is 11.3 Å². The summed E-state index contributed by atoms with van der Waals surface area (Å²) in [5.41, 5.74) is -0.0685. The van der Waals surface area contributed by atoms with Crippen LogP contribution < -0.4 is 5.32 Å². The third kappa shape index (κ3) is 8.77. The lowest BCUT2D eigenvalue weighted by Gasteiger charge is -2.25. The molecule has 0 rings (SSSR count). The van der Waals surface area contributed by atoms with Crippen LogP contribution in [0.3, 0.4) is 0 Å². The fraction of sp³-hybridized carbons (Fsp3) is 0.867. The topological polar surface area (TPSA) is 69.6 Å². The van der Waals surface area contributed by atoms with Gasteiger partial charge in [-0.1, -0.05) is 34.1 Å². The molecule has 0 radical (unpaired) electrons.